The minimum Gasteiger partial charge on any atom is -0.453 e. The molecule has 0 aliphatic carbocycles. The van der Waals surface area contributed by atoms with Gasteiger partial charge in [-0.3, -0.25) is 4.79 Å². The molecule has 3 rings (SSSR count). The van der Waals surface area contributed by atoms with E-state index >= 15 is 0 Å². The molecule has 1 atom stereocenters. The molecule has 0 aliphatic rings. The third kappa shape index (κ3) is 2.90. The maximum Gasteiger partial charge on any atom is 0.360 e. The second kappa shape index (κ2) is 6.45. The van der Waals surface area contributed by atoms with Gasteiger partial charge >= 0.3 is 5.97 Å². The Morgan fingerprint density at radius 2 is 1.75 bits per heavy atom. The van der Waals surface area contributed by atoms with Gasteiger partial charge in [-0.05, 0) is 19.1 Å². The van der Waals surface area contributed by atoms with E-state index in [9.17, 15) is 9.59 Å². The van der Waals surface area contributed by atoms with Crippen LogP contribution < -0.4 is 5.56 Å². The first kappa shape index (κ1) is 16.2. The summed E-state index contributed by atoms with van der Waals surface area (Å²) in [6, 6.07) is 14.0. The Kier molecular flexibility index (Phi) is 4.36. The van der Waals surface area contributed by atoms with Crippen LogP contribution in [0.5, 0.6) is 0 Å². The van der Waals surface area contributed by atoms with Crippen LogP contribution in [-0.2, 0) is 11.8 Å². The predicted octanol–water partition coefficient (Wildman–Crippen LogP) is 3.50. The van der Waals surface area contributed by atoms with Gasteiger partial charge in [0, 0.05) is 23.0 Å². The summed E-state index contributed by atoms with van der Waals surface area (Å²) in [5.74, 6) is -0.603. The molecule has 0 spiro atoms. The second-order valence-electron chi connectivity index (χ2n) is 5.39. The first-order chi connectivity index (χ1) is 11.5. The summed E-state index contributed by atoms with van der Waals surface area (Å²) in [6.07, 6.45) is -0.538. The van der Waals surface area contributed by atoms with E-state index in [-0.39, 0.29) is 11.3 Å². The minimum absolute atomic E-state index is 0.103. The van der Waals surface area contributed by atoms with Gasteiger partial charge in [0.25, 0.3) is 5.56 Å². The Morgan fingerprint density at radius 3 is 2.46 bits per heavy atom. The fraction of sp³-hybridized carbons (Fsp3) is 0.167. The average molecular weight is 343 g/mol. The molecule has 0 bridgehead atoms. The number of hydrogen-bond donors (Lipinski definition) is 0. The molecule has 0 N–H and O–H groups in total. The molecule has 0 radical (unpaired) electrons. The van der Waals surface area contributed by atoms with Crippen LogP contribution in [0.4, 0.5) is 0 Å². The van der Waals surface area contributed by atoms with Crippen molar-refractivity contribution in [2.75, 3.05) is 0 Å². The zero-order valence-electron chi connectivity index (χ0n) is 13.2. The Balaban J connectivity index is 1.99. The van der Waals surface area contributed by atoms with E-state index < -0.39 is 12.1 Å². The maximum absolute atomic E-state index is 12.6. The van der Waals surface area contributed by atoms with Gasteiger partial charge < -0.3 is 4.74 Å². The number of carbonyl (C=O) groups is 1. The third-order valence-electron chi connectivity index (χ3n) is 3.78. The molecule has 0 amide bonds. The molecule has 5 nitrogen and oxygen atoms in total. The van der Waals surface area contributed by atoms with Gasteiger partial charge in [0.2, 0.25) is 0 Å². The highest BCUT2D eigenvalue weighted by atomic mass is 35.5. The van der Waals surface area contributed by atoms with Crippen molar-refractivity contribution in [1.82, 2.24) is 9.78 Å². The molecule has 0 saturated heterocycles. The number of fused-ring (bicyclic) bond motifs is 1. The van der Waals surface area contributed by atoms with Gasteiger partial charge in [-0.25, -0.2) is 9.48 Å². The normalized spacial score (nSPS) is 12.1. The van der Waals surface area contributed by atoms with Crippen LogP contribution in [-0.4, -0.2) is 15.7 Å². The van der Waals surface area contributed by atoms with Gasteiger partial charge in [-0.2, -0.15) is 5.10 Å². The smallest absolute Gasteiger partial charge is 0.360 e. The van der Waals surface area contributed by atoms with Gasteiger partial charge in [0.05, 0.1) is 5.39 Å². The summed E-state index contributed by atoms with van der Waals surface area (Å²) in [4.78, 5) is 24.7. The van der Waals surface area contributed by atoms with Crippen molar-refractivity contribution >= 4 is 28.3 Å². The van der Waals surface area contributed by atoms with Crippen LogP contribution in [0.2, 0.25) is 5.02 Å². The number of aryl methyl sites for hydroxylation is 1. The first-order valence-corrected chi connectivity index (χ1v) is 7.78. The lowest BCUT2D eigenvalue weighted by Crippen LogP contribution is -2.24. The molecule has 0 saturated carbocycles. The van der Waals surface area contributed by atoms with Crippen molar-refractivity contribution in [1.29, 1.82) is 0 Å². The number of carbonyl (C=O) groups excluding carboxylic acids is 1. The minimum atomic E-state index is -0.603. The highest BCUT2D eigenvalue weighted by Gasteiger charge is 2.20. The van der Waals surface area contributed by atoms with Crippen molar-refractivity contribution in [2.24, 2.45) is 7.05 Å². The average Bonchev–Trinajstić information content (AvgIpc) is 2.58. The summed E-state index contributed by atoms with van der Waals surface area (Å²) >= 11 is 6.14. The monoisotopic (exact) mass is 342 g/mol. The fourth-order valence-electron chi connectivity index (χ4n) is 2.54. The van der Waals surface area contributed by atoms with Crippen molar-refractivity contribution < 1.29 is 9.53 Å². The molecule has 24 heavy (non-hydrogen) atoms. The number of benzene rings is 2. The fourth-order valence-corrected chi connectivity index (χ4v) is 2.82. The van der Waals surface area contributed by atoms with E-state index in [1.165, 1.54) is 7.05 Å². The van der Waals surface area contributed by atoms with E-state index in [4.69, 9.17) is 16.3 Å². The van der Waals surface area contributed by atoms with E-state index in [0.717, 1.165) is 4.68 Å². The molecule has 1 heterocycles. The molecular weight excluding hydrogens is 328 g/mol. The van der Waals surface area contributed by atoms with Gasteiger partial charge in [0.1, 0.15) is 6.10 Å². The predicted molar refractivity (Wildman–Crippen MR) is 92.3 cm³/mol. The Labute approximate surface area is 143 Å². The van der Waals surface area contributed by atoms with E-state index in [2.05, 4.69) is 5.10 Å². The van der Waals surface area contributed by atoms with Crippen LogP contribution in [0, 0.1) is 0 Å². The Hall–Kier alpha value is -2.66. The lowest BCUT2D eigenvalue weighted by molar-refractivity contribution is 0.0331. The Morgan fingerprint density at radius 1 is 1.12 bits per heavy atom. The molecule has 1 aromatic heterocycles. The quantitative estimate of drug-likeness (QED) is 0.683. The summed E-state index contributed by atoms with van der Waals surface area (Å²) < 4.78 is 6.64. The van der Waals surface area contributed by atoms with Crippen LogP contribution in [0.25, 0.3) is 10.8 Å². The highest BCUT2D eigenvalue weighted by molar-refractivity contribution is 6.31. The number of halogens is 1. The molecule has 122 valence electrons. The summed E-state index contributed by atoms with van der Waals surface area (Å²) in [5, 5.41) is 5.48. The zero-order chi connectivity index (χ0) is 17.3. The van der Waals surface area contributed by atoms with Gasteiger partial charge in [-0.15, -0.1) is 0 Å². The van der Waals surface area contributed by atoms with Crippen LogP contribution >= 0.6 is 11.6 Å². The van der Waals surface area contributed by atoms with Gasteiger partial charge in [0.15, 0.2) is 5.69 Å². The van der Waals surface area contributed by atoms with Crippen molar-refractivity contribution in [3.05, 3.63) is 75.2 Å². The van der Waals surface area contributed by atoms with E-state index in [1.54, 1.807) is 43.3 Å². The topological polar surface area (TPSA) is 61.2 Å². The zero-order valence-corrected chi connectivity index (χ0v) is 13.9. The molecular formula is C18H15ClN2O3. The molecule has 0 aliphatic heterocycles. The summed E-state index contributed by atoms with van der Waals surface area (Å²) in [6.45, 7) is 1.74. The molecule has 6 heteroatoms. The number of esters is 1. The van der Waals surface area contributed by atoms with E-state index in [1.807, 2.05) is 12.1 Å². The van der Waals surface area contributed by atoms with Crippen LogP contribution in [0.15, 0.2) is 53.3 Å². The van der Waals surface area contributed by atoms with Crippen molar-refractivity contribution in [2.45, 2.75) is 13.0 Å². The summed E-state index contributed by atoms with van der Waals surface area (Å²) in [5.41, 5.74) is 0.551. The number of aromatic nitrogens is 2. The van der Waals surface area contributed by atoms with Crippen LogP contribution in [0.1, 0.15) is 29.1 Å². The second-order valence-corrected chi connectivity index (χ2v) is 5.80. The van der Waals surface area contributed by atoms with Gasteiger partial charge in [-0.1, -0.05) is 48.0 Å². The van der Waals surface area contributed by atoms with Crippen molar-refractivity contribution in [3.63, 3.8) is 0 Å². The number of hydrogen-bond acceptors (Lipinski definition) is 4. The maximum atomic E-state index is 12.6. The lowest BCUT2D eigenvalue weighted by Gasteiger charge is -2.15. The SMILES string of the molecule is C[C@H](OC(=O)c1nn(C)c(=O)c2ccccc12)c1ccccc1Cl. The molecule has 0 fully saturated rings. The molecule has 3 aromatic rings. The Bertz CT molecular complexity index is 981. The van der Waals surface area contributed by atoms with Crippen LogP contribution in [0.3, 0.4) is 0 Å². The van der Waals surface area contributed by atoms with E-state index in [0.29, 0.717) is 21.4 Å². The number of rotatable bonds is 3. The molecule has 0 unspecified atom stereocenters. The highest BCUT2D eigenvalue weighted by Crippen LogP contribution is 2.26. The lowest BCUT2D eigenvalue weighted by atomic mass is 10.1. The largest absolute Gasteiger partial charge is 0.453 e. The number of ether oxygens (including phenoxy) is 1. The standard InChI is InChI=1S/C18H15ClN2O3/c1-11(12-7-5-6-10-15(12)19)24-18(23)16-13-8-3-4-9-14(13)17(22)21(2)20-16/h3-11H,1-2H3/t11-/m0/s1. The third-order valence-corrected chi connectivity index (χ3v) is 4.12. The molecule has 2 aromatic carbocycles. The first-order valence-electron chi connectivity index (χ1n) is 7.40. The summed E-state index contributed by atoms with van der Waals surface area (Å²) in [7, 11) is 1.50. The van der Waals surface area contributed by atoms with Crippen molar-refractivity contribution in [3.8, 4) is 0 Å². The number of nitrogens with zero attached hydrogens (tertiary/aromatic N) is 2.